The first-order chi connectivity index (χ1) is 9.72. The minimum Gasteiger partial charge on any atom is -0.494 e. The second-order valence-corrected chi connectivity index (χ2v) is 4.82. The average molecular weight is 290 g/mol. The van der Waals surface area contributed by atoms with Crippen molar-refractivity contribution in [3.05, 3.63) is 59.9 Å². The molecule has 0 fully saturated rings. The summed E-state index contributed by atoms with van der Waals surface area (Å²) in [5, 5.41) is -0.647. The van der Waals surface area contributed by atoms with Crippen molar-refractivity contribution in [2.45, 2.75) is 18.7 Å². The van der Waals surface area contributed by atoms with Crippen molar-refractivity contribution in [2.24, 2.45) is 0 Å². The van der Waals surface area contributed by atoms with E-state index in [1.165, 1.54) is 0 Å². The van der Waals surface area contributed by atoms with E-state index >= 15 is 0 Å². The molecule has 2 aromatic rings. The first kappa shape index (κ1) is 14.5. The van der Waals surface area contributed by atoms with Crippen molar-refractivity contribution in [1.29, 1.82) is 0 Å². The molecule has 0 amide bonds. The maximum absolute atomic E-state index is 12.2. The zero-order valence-corrected chi connectivity index (χ0v) is 12.0. The Labute approximate surface area is 123 Å². The molecule has 2 rings (SSSR count). The van der Waals surface area contributed by atoms with Crippen LogP contribution in [0, 0.1) is 0 Å². The second kappa shape index (κ2) is 7.06. The Kier molecular flexibility index (Phi) is 5.13. The van der Waals surface area contributed by atoms with Crippen LogP contribution in [0.15, 0.2) is 48.7 Å². The van der Waals surface area contributed by atoms with Crippen molar-refractivity contribution in [1.82, 2.24) is 4.98 Å². The van der Waals surface area contributed by atoms with E-state index in [0.717, 1.165) is 11.3 Å². The highest BCUT2D eigenvalue weighted by Crippen LogP contribution is 2.22. The van der Waals surface area contributed by atoms with E-state index in [1.54, 1.807) is 24.4 Å². The zero-order valence-electron chi connectivity index (χ0n) is 11.3. The van der Waals surface area contributed by atoms with Gasteiger partial charge in [-0.05, 0) is 37.1 Å². The summed E-state index contributed by atoms with van der Waals surface area (Å²) in [5.74, 6) is 0.605. The van der Waals surface area contributed by atoms with Crippen LogP contribution < -0.4 is 4.74 Å². The maximum Gasteiger partial charge on any atom is 0.199 e. The number of halogens is 1. The van der Waals surface area contributed by atoms with Crippen molar-refractivity contribution in [3.8, 4) is 5.75 Å². The summed E-state index contributed by atoms with van der Waals surface area (Å²) in [6.45, 7) is 2.51. The van der Waals surface area contributed by atoms with Crippen LogP contribution in [-0.2, 0) is 6.42 Å². The summed E-state index contributed by atoms with van der Waals surface area (Å²) >= 11 is 6.23. The fourth-order valence-electron chi connectivity index (χ4n) is 1.92. The van der Waals surface area contributed by atoms with E-state index in [9.17, 15) is 4.79 Å². The molecule has 1 aromatic heterocycles. The molecule has 0 radical (unpaired) electrons. The Bertz CT molecular complexity index is 572. The molecule has 0 N–H and O–H groups in total. The third kappa shape index (κ3) is 3.58. The van der Waals surface area contributed by atoms with E-state index in [1.807, 2.05) is 31.2 Å². The molecule has 1 unspecified atom stereocenters. The molecule has 0 saturated heterocycles. The molecule has 0 saturated carbocycles. The number of nitrogens with zero attached hydrogens (tertiary/aromatic N) is 1. The number of ether oxygens (including phenoxy) is 1. The number of Topliss-reactive ketones (excluding diaryl/α,β-unsaturated/α-hetero) is 1. The predicted molar refractivity (Wildman–Crippen MR) is 79.5 cm³/mol. The largest absolute Gasteiger partial charge is 0.494 e. The van der Waals surface area contributed by atoms with Gasteiger partial charge in [-0.2, -0.15) is 0 Å². The lowest BCUT2D eigenvalue weighted by Gasteiger charge is -2.12. The Morgan fingerprint density at radius 1 is 1.25 bits per heavy atom. The Balaban J connectivity index is 2.12. The molecule has 20 heavy (non-hydrogen) atoms. The van der Waals surface area contributed by atoms with E-state index in [2.05, 4.69) is 4.98 Å². The number of ketones is 1. The van der Waals surface area contributed by atoms with Crippen LogP contribution in [0.2, 0.25) is 0 Å². The van der Waals surface area contributed by atoms with Crippen LogP contribution in [-0.4, -0.2) is 22.8 Å². The molecule has 1 aromatic carbocycles. The minimum absolute atomic E-state index is 0.168. The molecule has 0 aliphatic carbocycles. The number of hydrogen-bond acceptors (Lipinski definition) is 3. The van der Waals surface area contributed by atoms with Crippen LogP contribution >= 0.6 is 11.6 Å². The summed E-state index contributed by atoms with van der Waals surface area (Å²) in [4.78, 5) is 16.2. The van der Waals surface area contributed by atoms with Gasteiger partial charge in [-0.3, -0.25) is 9.78 Å². The molecule has 0 spiro atoms. The van der Waals surface area contributed by atoms with E-state index in [4.69, 9.17) is 16.3 Å². The van der Waals surface area contributed by atoms with Crippen LogP contribution in [0.5, 0.6) is 5.75 Å². The van der Waals surface area contributed by atoms with E-state index < -0.39 is 5.38 Å². The van der Waals surface area contributed by atoms with Gasteiger partial charge in [0.2, 0.25) is 0 Å². The van der Waals surface area contributed by atoms with Crippen LogP contribution in [0.4, 0.5) is 0 Å². The topological polar surface area (TPSA) is 39.2 Å². The number of carbonyl (C=O) groups is 1. The molecule has 1 atom stereocenters. The summed E-state index contributed by atoms with van der Waals surface area (Å²) in [5.41, 5.74) is 1.32. The van der Waals surface area contributed by atoms with Crippen molar-refractivity contribution < 1.29 is 9.53 Å². The lowest BCUT2D eigenvalue weighted by molar-refractivity contribution is 0.0982. The standard InChI is InChI=1S/C16H16ClNO2/c1-2-20-15-9-4-3-7-12(15)11-13(17)16(19)14-8-5-6-10-18-14/h3-10,13H,2,11H2,1H3. The van der Waals surface area contributed by atoms with Crippen LogP contribution in [0.3, 0.4) is 0 Å². The molecule has 3 nitrogen and oxygen atoms in total. The summed E-state index contributed by atoms with van der Waals surface area (Å²) in [7, 11) is 0. The number of rotatable bonds is 6. The van der Waals surface area contributed by atoms with Gasteiger partial charge in [0.15, 0.2) is 5.78 Å². The maximum atomic E-state index is 12.2. The van der Waals surface area contributed by atoms with Crippen LogP contribution in [0.25, 0.3) is 0 Å². The van der Waals surface area contributed by atoms with Gasteiger partial charge in [-0.1, -0.05) is 24.3 Å². The molecule has 0 bridgehead atoms. The number of carbonyl (C=O) groups excluding carboxylic acids is 1. The number of pyridine rings is 1. The van der Waals surface area contributed by atoms with Gasteiger partial charge in [0.25, 0.3) is 0 Å². The number of alkyl halides is 1. The van der Waals surface area contributed by atoms with Gasteiger partial charge in [0, 0.05) is 6.20 Å². The molecule has 1 heterocycles. The highest BCUT2D eigenvalue weighted by atomic mass is 35.5. The third-order valence-corrected chi connectivity index (χ3v) is 3.23. The molecule has 0 aliphatic heterocycles. The summed E-state index contributed by atoms with van der Waals surface area (Å²) in [6.07, 6.45) is 2.01. The zero-order chi connectivity index (χ0) is 14.4. The van der Waals surface area contributed by atoms with Crippen molar-refractivity contribution in [3.63, 3.8) is 0 Å². The monoisotopic (exact) mass is 289 g/mol. The molecular formula is C16H16ClNO2. The van der Waals surface area contributed by atoms with Gasteiger partial charge in [0.05, 0.1) is 6.61 Å². The van der Waals surface area contributed by atoms with E-state index in [0.29, 0.717) is 18.7 Å². The molecular weight excluding hydrogens is 274 g/mol. The summed E-state index contributed by atoms with van der Waals surface area (Å²) in [6, 6.07) is 12.8. The Morgan fingerprint density at radius 2 is 2.00 bits per heavy atom. The number of aromatic nitrogens is 1. The first-order valence-electron chi connectivity index (χ1n) is 6.52. The van der Waals surface area contributed by atoms with Crippen LogP contribution in [0.1, 0.15) is 23.0 Å². The smallest absolute Gasteiger partial charge is 0.199 e. The second-order valence-electron chi connectivity index (χ2n) is 4.29. The normalized spacial score (nSPS) is 11.9. The average Bonchev–Trinajstić information content (AvgIpc) is 2.49. The highest BCUT2D eigenvalue weighted by Gasteiger charge is 2.20. The number of benzene rings is 1. The first-order valence-corrected chi connectivity index (χ1v) is 6.96. The quantitative estimate of drug-likeness (QED) is 0.603. The Hall–Kier alpha value is -1.87. The number of hydrogen-bond donors (Lipinski definition) is 0. The van der Waals surface area contributed by atoms with Crippen molar-refractivity contribution >= 4 is 17.4 Å². The lowest BCUT2D eigenvalue weighted by Crippen LogP contribution is -2.19. The molecule has 104 valence electrons. The fourth-order valence-corrected chi connectivity index (χ4v) is 2.20. The highest BCUT2D eigenvalue weighted by molar-refractivity contribution is 6.33. The third-order valence-electron chi connectivity index (χ3n) is 2.87. The minimum atomic E-state index is -0.647. The SMILES string of the molecule is CCOc1ccccc1CC(Cl)C(=O)c1ccccn1. The number of para-hydroxylation sites is 1. The van der Waals surface area contributed by atoms with Gasteiger partial charge in [-0.15, -0.1) is 11.6 Å². The van der Waals surface area contributed by atoms with Gasteiger partial charge >= 0.3 is 0 Å². The lowest BCUT2D eigenvalue weighted by atomic mass is 10.0. The van der Waals surface area contributed by atoms with Gasteiger partial charge < -0.3 is 4.74 Å². The van der Waals surface area contributed by atoms with Crippen molar-refractivity contribution in [2.75, 3.05) is 6.61 Å². The summed E-state index contributed by atoms with van der Waals surface area (Å²) < 4.78 is 5.54. The van der Waals surface area contributed by atoms with Gasteiger partial charge in [0.1, 0.15) is 16.8 Å². The predicted octanol–water partition coefficient (Wildman–Crippen LogP) is 3.51. The van der Waals surface area contributed by atoms with Gasteiger partial charge in [-0.25, -0.2) is 0 Å². The molecule has 0 aliphatic rings. The Morgan fingerprint density at radius 3 is 2.70 bits per heavy atom. The molecule has 4 heteroatoms. The fraction of sp³-hybridized carbons (Fsp3) is 0.250. The van der Waals surface area contributed by atoms with E-state index in [-0.39, 0.29) is 5.78 Å².